The Balaban J connectivity index is 1.85. The first-order valence-corrected chi connectivity index (χ1v) is 11.4. The summed E-state index contributed by atoms with van der Waals surface area (Å²) in [5.41, 5.74) is -2.29. The van der Waals surface area contributed by atoms with Crippen LogP contribution in [0.2, 0.25) is 0 Å². The zero-order chi connectivity index (χ0) is 28.5. The molecule has 1 aliphatic heterocycles. The van der Waals surface area contributed by atoms with Crippen molar-refractivity contribution >= 4 is 23.3 Å². The van der Waals surface area contributed by atoms with Gasteiger partial charge in [0.2, 0.25) is 0 Å². The molecule has 0 spiro atoms. The molecule has 0 aromatic heterocycles. The fourth-order valence-electron chi connectivity index (χ4n) is 4.09. The lowest BCUT2D eigenvalue weighted by Gasteiger charge is -2.27. The summed E-state index contributed by atoms with van der Waals surface area (Å²) in [6.07, 6.45) is -9.25. The minimum atomic E-state index is -4.65. The summed E-state index contributed by atoms with van der Waals surface area (Å²) in [6, 6.07) is 10.8. The van der Waals surface area contributed by atoms with Crippen molar-refractivity contribution in [2.45, 2.75) is 25.3 Å². The van der Waals surface area contributed by atoms with Crippen LogP contribution >= 0.6 is 0 Å². The van der Waals surface area contributed by atoms with Crippen LogP contribution in [0.4, 0.5) is 42.1 Å². The number of halogens is 7. The normalized spacial score (nSPS) is 16.1. The van der Waals surface area contributed by atoms with Gasteiger partial charge in [-0.15, -0.1) is 0 Å². The van der Waals surface area contributed by atoms with Crippen molar-refractivity contribution in [2.24, 2.45) is 0 Å². The van der Waals surface area contributed by atoms with Crippen molar-refractivity contribution in [3.8, 4) is 0 Å². The lowest BCUT2D eigenvalue weighted by atomic mass is 9.98. The highest BCUT2D eigenvalue weighted by molar-refractivity contribution is 6.18. The van der Waals surface area contributed by atoms with Crippen molar-refractivity contribution in [1.29, 1.82) is 0 Å². The number of carbonyl (C=O) groups excluding carboxylic acids is 2. The molecule has 4 rings (SSSR count). The number of hydrogen-bond acceptors (Lipinski definition) is 4. The molecular weight excluding hydrogens is 533 g/mol. The van der Waals surface area contributed by atoms with Crippen molar-refractivity contribution in [3.05, 3.63) is 107 Å². The minimum Gasteiger partial charge on any atom is -0.463 e. The first kappa shape index (κ1) is 27.7. The van der Waals surface area contributed by atoms with E-state index >= 15 is 0 Å². The molecule has 39 heavy (non-hydrogen) atoms. The second-order valence-electron chi connectivity index (χ2n) is 8.38. The molecule has 12 heteroatoms. The number of nitrogens with one attached hydrogen (secondary N) is 1. The minimum absolute atomic E-state index is 0.0201. The Labute approximate surface area is 217 Å². The summed E-state index contributed by atoms with van der Waals surface area (Å²) in [7, 11) is 0. The van der Waals surface area contributed by atoms with Crippen LogP contribution in [0.5, 0.6) is 0 Å². The van der Waals surface area contributed by atoms with E-state index in [0.717, 1.165) is 65.6 Å². The maximum atomic E-state index is 13.7. The standard InChI is InChI=1S/C27H19F7N2O3/c1-2-39-25(38)21-22(35-19-11-5-16(6-12-19)26(29,30)31)24(37)36(23(21)15-3-9-18(28)10-4-15)20-13-7-17(8-14-20)27(32,33)34/h3-14,23,35H,2H2,1H3. The molecule has 0 aliphatic carbocycles. The Hall–Kier alpha value is -4.35. The number of anilines is 2. The van der Waals surface area contributed by atoms with Gasteiger partial charge in [-0.1, -0.05) is 12.1 Å². The van der Waals surface area contributed by atoms with E-state index in [9.17, 15) is 40.3 Å². The third kappa shape index (κ3) is 5.74. The van der Waals surface area contributed by atoms with E-state index in [2.05, 4.69) is 5.32 Å². The number of esters is 1. The fourth-order valence-corrected chi connectivity index (χ4v) is 4.09. The van der Waals surface area contributed by atoms with Gasteiger partial charge in [-0.25, -0.2) is 9.18 Å². The van der Waals surface area contributed by atoms with Gasteiger partial charge >= 0.3 is 18.3 Å². The molecular formula is C27H19F7N2O3. The van der Waals surface area contributed by atoms with Gasteiger partial charge in [0, 0.05) is 11.4 Å². The van der Waals surface area contributed by atoms with Crippen molar-refractivity contribution in [3.63, 3.8) is 0 Å². The van der Waals surface area contributed by atoms with Gasteiger partial charge < -0.3 is 10.1 Å². The molecule has 204 valence electrons. The van der Waals surface area contributed by atoms with Gasteiger partial charge in [-0.2, -0.15) is 26.3 Å². The van der Waals surface area contributed by atoms with Crippen molar-refractivity contribution in [1.82, 2.24) is 0 Å². The van der Waals surface area contributed by atoms with Gasteiger partial charge in [0.15, 0.2) is 0 Å². The van der Waals surface area contributed by atoms with Crippen LogP contribution in [0, 0.1) is 5.82 Å². The molecule has 0 bridgehead atoms. The highest BCUT2D eigenvalue weighted by atomic mass is 19.4. The van der Waals surface area contributed by atoms with Crippen molar-refractivity contribution in [2.75, 3.05) is 16.8 Å². The summed E-state index contributed by atoms with van der Waals surface area (Å²) in [5, 5.41) is 2.67. The summed E-state index contributed by atoms with van der Waals surface area (Å²) >= 11 is 0. The second kappa shape index (κ2) is 10.4. The van der Waals surface area contributed by atoms with Gasteiger partial charge in [0.25, 0.3) is 5.91 Å². The topological polar surface area (TPSA) is 58.6 Å². The zero-order valence-electron chi connectivity index (χ0n) is 20.0. The van der Waals surface area contributed by atoms with Crippen LogP contribution in [0.1, 0.15) is 29.7 Å². The first-order chi connectivity index (χ1) is 18.3. The number of benzene rings is 3. The molecule has 5 nitrogen and oxygen atoms in total. The number of amides is 1. The Morgan fingerprint density at radius 2 is 1.36 bits per heavy atom. The number of nitrogens with zero attached hydrogens (tertiary/aromatic N) is 1. The summed E-state index contributed by atoms with van der Waals surface area (Å²) in [5.74, 6) is -2.44. The van der Waals surface area contributed by atoms with E-state index in [-0.39, 0.29) is 34.8 Å². The summed E-state index contributed by atoms with van der Waals surface area (Å²) in [4.78, 5) is 27.9. The third-order valence-electron chi connectivity index (χ3n) is 5.87. The molecule has 1 amide bonds. The second-order valence-corrected chi connectivity index (χ2v) is 8.38. The Bertz CT molecular complexity index is 1400. The maximum Gasteiger partial charge on any atom is 0.416 e. The lowest BCUT2D eigenvalue weighted by molar-refractivity contribution is -0.139. The van der Waals surface area contributed by atoms with Gasteiger partial charge in [-0.3, -0.25) is 9.69 Å². The van der Waals surface area contributed by atoms with Crippen LogP contribution in [0.25, 0.3) is 0 Å². The molecule has 0 saturated carbocycles. The average Bonchev–Trinajstić information content (AvgIpc) is 3.16. The van der Waals surface area contributed by atoms with Crippen LogP contribution in [-0.2, 0) is 26.7 Å². The summed E-state index contributed by atoms with van der Waals surface area (Å²) < 4.78 is 97.3. The largest absolute Gasteiger partial charge is 0.463 e. The Morgan fingerprint density at radius 3 is 1.85 bits per heavy atom. The number of rotatable bonds is 6. The van der Waals surface area contributed by atoms with Gasteiger partial charge in [-0.05, 0) is 73.2 Å². The van der Waals surface area contributed by atoms with E-state index in [1.54, 1.807) is 0 Å². The Kier molecular flexibility index (Phi) is 7.40. The lowest BCUT2D eigenvalue weighted by Crippen LogP contribution is -2.32. The van der Waals surface area contributed by atoms with Gasteiger partial charge in [0.1, 0.15) is 11.5 Å². The molecule has 0 radical (unpaired) electrons. The predicted octanol–water partition coefficient (Wildman–Crippen LogP) is 6.88. The zero-order valence-corrected chi connectivity index (χ0v) is 20.0. The number of ether oxygens (including phenoxy) is 1. The van der Waals surface area contributed by atoms with Crippen LogP contribution < -0.4 is 10.2 Å². The number of carbonyl (C=O) groups is 2. The SMILES string of the molecule is CCOC(=O)C1=C(Nc2ccc(C(F)(F)F)cc2)C(=O)N(c2ccc(C(F)(F)F)cc2)C1c1ccc(F)cc1. The Morgan fingerprint density at radius 1 is 0.846 bits per heavy atom. The molecule has 1 atom stereocenters. The molecule has 1 N–H and O–H groups in total. The van der Waals surface area contributed by atoms with E-state index < -0.39 is 47.2 Å². The third-order valence-corrected chi connectivity index (χ3v) is 5.87. The average molecular weight is 552 g/mol. The van der Waals surface area contributed by atoms with E-state index in [1.807, 2.05) is 0 Å². The quantitative estimate of drug-likeness (QED) is 0.268. The highest BCUT2D eigenvalue weighted by Gasteiger charge is 2.45. The van der Waals surface area contributed by atoms with Crippen molar-refractivity contribution < 1.29 is 45.1 Å². The van der Waals surface area contributed by atoms with Crippen LogP contribution in [0.3, 0.4) is 0 Å². The fraction of sp³-hybridized carbons (Fsp3) is 0.185. The van der Waals surface area contributed by atoms with E-state index in [1.165, 1.54) is 19.1 Å². The smallest absolute Gasteiger partial charge is 0.416 e. The molecule has 1 heterocycles. The number of alkyl halides is 6. The number of hydrogen-bond donors (Lipinski definition) is 1. The van der Waals surface area contributed by atoms with E-state index in [4.69, 9.17) is 4.74 Å². The molecule has 3 aromatic carbocycles. The van der Waals surface area contributed by atoms with Crippen LogP contribution in [0.15, 0.2) is 84.1 Å². The molecule has 1 unspecified atom stereocenters. The monoisotopic (exact) mass is 552 g/mol. The van der Waals surface area contributed by atoms with E-state index in [0.29, 0.717) is 0 Å². The first-order valence-electron chi connectivity index (χ1n) is 11.4. The molecule has 0 saturated heterocycles. The molecule has 3 aromatic rings. The molecule has 0 fully saturated rings. The molecule has 1 aliphatic rings. The highest BCUT2D eigenvalue weighted by Crippen LogP contribution is 2.43. The van der Waals surface area contributed by atoms with Gasteiger partial charge in [0.05, 0.1) is 29.3 Å². The van der Waals surface area contributed by atoms with Crippen LogP contribution in [-0.4, -0.2) is 18.5 Å². The summed E-state index contributed by atoms with van der Waals surface area (Å²) in [6.45, 7) is 1.42. The predicted molar refractivity (Wildman–Crippen MR) is 127 cm³/mol. The maximum absolute atomic E-state index is 13.7.